The molecule has 3 heterocycles. The third-order valence-corrected chi connectivity index (χ3v) is 3.86. The molecule has 1 aliphatic heterocycles. The van der Waals surface area contributed by atoms with E-state index in [9.17, 15) is 8.78 Å². The summed E-state index contributed by atoms with van der Waals surface area (Å²) in [6.07, 6.45) is 1.15. The molecule has 2 aromatic rings. The highest BCUT2D eigenvalue weighted by atomic mass is 127. The highest BCUT2D eigenvalue weighted by molar-refractivity contribution is 14.1. The second-order valence-electron chi connectivity index (χ2n) is 4.28. The molecule has 0 saturated carbocycles. The SMILES string of the molecule is FC1(F)CCN(c2ncnc3n[nH]c(I)c23)CC1. The molecule has 5 nitrogen and oxygen atoms in total. The van der Waals surface area contributed by atoms with Crippen molar-refractivity contribution in [2.45, 2.75) is 18.8 Å². The maximum absolute atomic E-state index is 13.1. The van der Waals surface area contributed by atoms with E-state index in [0.717, 1.165) is 9.09 Å². The van der Waals surface area contributed by atoms with E-state index in [1.807, 2.05) is 4.90 Å². The monoisotopic (exact) mass is 365 g/mol. The van der Waals surface area contributed by atoms with Gasteiger partial charge in [-0.1, -0.05) is 0 Å². The van der Waals surface area contributed by atoms with Gasteiger partial charge in [-0.25, -0.2) is 18.7 Å². The van der Waals surface area contributed by atoms with Crippen LogP contribution in [-0.2, 0) is 0 Å². The van der Waals surface area contributed by atoms with Crippen LogP contribution in [0.1, 0.15) is 12.8 Å². The molecule has 1 saturated heterocycles. The number of rotatable bonds is 1. The number of hydrogen-bond donors (Lipinski definition) is 1. The lowest BCUT2D eigenvalue weighted by molar-refractivity contribution is -0.0221. The number of alkyl halides is 2. The van der Waals surface area contributed by atoms with Gasteiger partial charge in [-0.3, -0.25) is 5.10 Å². The lowest BCUT2D eigenvalue weighted by Crippen LogP contribution is -2.39. The van der Waals surface area contributed by atoms with Crippen LogP contribution in [0.15, 0.2) is 6.33 Å². The van der Waals surface area contributed by atoms with Crippen molar-refractivity contribution in [1.29, 1.82) is 0 Å². The zero-order chi connectivity index (χ0) is 12.8. The fourth-order valence-electron chi connectivity index (χ4n) is 2.09. The Bertz CT molecular complexity index is 575. The first-order valence-electron chi connectivity index (χ1n) is 5.54. The third kappa shape index (κ3) is 2.02. The van der Waals surface area contributed by atoms with Crippen molar-refractivity contribution >= 4 is 39.4 Å². The summed E-state index contributed by atoms with van der Waals surface area (Å²) in [5.41, 5.74) is 0.571. The zero-order valence-corrected chi connectivity index (χ0v) is 11.5. The molecule has 0 aliphatic carbocycles. The summed E-state index contributed by atoms with van der Waals surface area (Å²) in [7, 11) is 0. The van der Waals surface area contributed by atoms with Gasteiger partial charge < -0.3 is 4.90 Å². The number of piperidine rings is 1. The highest BCUT2D eigenvalue weighted by Crippen LogP contribution is 2.32. The molecule has 1 fully saturated rings. The molecule has 0 spiro atoms. The minimum Gasteiger partial charge on any atom is -0.355 e. The standard InChI is InChI=1S/C10H10F2IN5/c11-10(12)1-3-18(4-2-10)9-6-7(13)16-17-8(6)14-5-15-9/h5H,1-4H2,(H,14,15,16,17). The Kier molecular flexibility index (Phi) is 2.83. The number of aromatic nitrogens is 4. The van der Waals surface area contributed by atoms with Gasteiger partial charge in [0.1, 0.15) is 15.8 Å². The van der Waals surface area contributed by atoms with Crippen molar-refractivity contribution in [3.8, 4) is 0 Å². The Labute approximate surface area is 115 Å². The van der Waals surface area contributed by atoms with Crippen molar-refractivity contribution in [2.24, 2.45) is 0 Å². The summed E-state index contributed by atoms with van der Waals surface area (Å²) in [5, 5.41) is 7.68. The van der Waals surface area contributed by atoms with Crippen LogP contribution in [0.2, 0.25) is 0 Å². The Morgan fingerprint density at radius 1 is 1.28 bits per heavy atom. The first kappa shape index (κ1) is 12.0. The van der Waals surface area contributed by atoms with Crippen LogP contribution in [0, 0.1) is 3.70 Å². The maximum Gasteiger partial charge on any atom is 0.251 e. The van der Waals surface area contributed by atoms with E-state index in [2.05, 4.69) is 42.8 Å². The fourth-order valence-corrected chi connectivity index (χ4v) is 2.69. The molecule has 0 atom stereocenters. The van der Waals surface area contributed by atoms with E-state index in [1.54, 1.807) is 0 Å². The van der Waals surface area contributed by atoms with Crippen molar-refractivity contribution < 1.29 is 8.78 Å². The number of anilines is 1. The van der Waals surface area contributed by atoms with Crippen molar-refractivity contribution in [2.75, 3.05) is 18.0 Å². The predicted octanol–water partition coefficient (Wildman–Crippen LogP) is 2.19. The molecule has 1 N–H and O–H groups in total. The average Bonchev–Trinajstić information content (AvgIpc) is 2.72. The quantitative estimate of drug-likeness (QED) is 0.788. The van der Waals surface area contributed by atoms with Crippen LogP contribution in [0.5, 0.6) is 0 Å². The van der Waals surface area contributed by atoms with Gasteiger partial charge in [0.05, 0.1) is 5.39 Å². The van der Waals surface area contributed by atoms with Gasteiger partial charge in [-0.2, -0.15) is 5.10 Å². The van der Waals surface area contributed by atoms with Gasteiger partial charge in [0.2, 0.25) is 0 Å². The Balaban J connectivity index is 1.98. The average molecular weight is 365 g/mol. The number of H-pyrrole nitrogens is 1. The van der Waals surface area contributed by atoms with Crippen molar-refractivity contribution in [1.82, 2.24) is 20.2 Å². The molecule has 1 aliphatic rings. The highest BCUT2D eigenvalue weighted by Gasteiger charge is 2.35. The number of fused-ring (bicyclic) bond motifs is 1. The molecule has 96 valence electrons. The minimum absolute atomic E-state index is 0.132. The summed E-state index contributed by atoms with van der Waals surface area (Å²) < 4.78 is 27.1. The molecule has 0 amide bonds. The minimum atomic E-state index is -2.55. The van der Waals surface area contributed by atoms with Crippen LogP contribution in [0.4, 0.5) is 14.6 Å². The smallest absolute Gasteiger partial charge is 0.251 e. The first-order chi connectivity index (χ1) is 8.57. The van der Waals surface area contributed by atoms with E-state index in [-0.39, 0.29) is 12.8 Å². The van der Waals surface area contributed by atoms with Crippen LogP contribution < -0.4 is 4.90 Å². The van der Waals surface area contributed by atoms with E-state index in [1.165, 1.54) is 6.33 Å². The topological polar surface area (TPSA) is 57.7 Å². The predicted molar refractivity (Wildman–Crippen MR) is 70.8 cm³/mol. The summed E-state index contributed by atoms with van der Waals surface area (Å²) in [6.45, 7) is 0.612. The van der Waals surface area contributed by atoms with E-state index in [0.29, 0.717) is 24.6 Å². The van der Waals surface area contributed by atoms with Crippen LogP contribution >= 0.6 is 22.6 Å². The van der Waals surface area contributed by atoms with Gasteiger partial charge in [0.25, 0.3) is 5.92 Å². The molecule has 0 aromatic carbocycles. The van der Waals surface area contributed by atoms with Gasteiger partial charge in [0, 0.05) is 25.9 Å². The van der Waals surface area contributed by atoms with Crippen LogP contribution in [0.3, 0.4) is 0 Å². The normalized spacial score (nSPS) is 19.4. The zero-order valence-electron chi connectivity index (χ0n) is 9.33. The number of hydrogen-bond acceptors (Lipinski definition) is 4. The maximum atomic E-state index is 13.1. The lowest BCUT2D eigenvalue weighted by atomic mass is 10.1. The number of halogens is 3. The Morgan fingerprint density at radius 2 is 2.00 bits per heavy atom. The number of aromatic amines is 1. The van der Waals surface area contributed by atoms with Crippen molar-refractivity contribution in [3.05, 3.63) is 10.0 Å². The molecule has 18 heavy (non-hydrogen) atoms. The fraction of sp³-hybridized carbons (Fsp3) is 0.500. The molecule has 8 heteroatoms. The molecule has 3 rings (SSSR count). The molecular formula is C10H10F2IN5. The van der Waals surface area contributed by atoms with Gasteiger partial charge in [0.15, 0.2) is 5.65 Å². The summed E-state index contributed by atoms with van der Waals surface area (Å²) in [6, 6.07) is 0. The van der Waals surface area contributed by atoms with E-state index < -0.39 is 5.92 Å². The largest absolute Gasteiger partial charge is 0.355 e. The Hall–Kier alpha value is -1.06. The number of nitrogens with zero attached hydrogens (tertiary/aromatic N) is 4. The van der Waals surface area contributed by atoms with E-state index in [4.69, 9.17) is 0 Å². The van der Waals surface area contributed by atoms with Crippen molar-refractivity contribution in [3.63, 3.8) is 0 Å². The van der Waals surface area contributed by atoms with Gasteiger partial charge >= 0.3 is 0 Å². The second-order valence-corrected chi connectivity index (χ2v) is 5.36. The number of nitrogens with one attached hydrogen (secondary N) is 1. The summed E-state index contributed by atoms with van der Waals surface area (Å²) in [4.78, 5) is 10.1. The molecular weight excluding hydrogens is 355 g/mol. The molecule has 0 radical (unpaired) electrons. The van der Waals surface area contributed by atoms with Crippen LogP contribution in [-0.4, -0.2) is 39.2 Å². The second kappa shape index (κ2) is 4.25. The first-order valence-corrected chi connectivity index (χ1v) is 6.62. The summed E-state index contributed by atoms with van der Waals surface area (Å²) in [5.74, 6) is -1.86. The van der Waals surface area contributed by atoms with Crippen LogP contribution in [0.25, 0.3) is 11.0 Å². The van der Waals surface area contributed by atoms with Gasteiger partial charge in [-0.05, 0) is 22.6 Å². The Morgan fingerprint density at radius 3 is 2.72 bits per heavy atom. The molecule has 0 bridgehead atoms. The molecule has 2 aromatic heterocycles. The lowest BCUT2D eigenvalue weighted by Gasteiger charge is -2.32. The summed E-state index contributed by atoms with van der Waals surface area (Å²) >= 11 is 2.11. The van der Waals surface area contributed by atoms with E-state index >= 15 is 0 Å². The molecule has 0 unspecified atom stereocenters. The third-order valence-electron chi connectivity index (χ3n) is 3.08. The van der Waals surface area contributed by atoms with Gasteiger partial charge in [-0.15, -0.1) is 0 Å².